The normalized spacial score (nSPS) is 15.9. The summed E-state index contributed by atoms with van der Waals surface area (Å²) in [6.45, 7) is 2.72. The topological polar surface area (TPSA) is 67.8 Å². The quantitative estimate of drug-likeness (QED) is 0.338. The molecular weight excluding hydrogens is 503 g/mol. The van der Waals surface area contributed by atoms with Gasteiger partial charge in [-0.3, -0.25) is 9.98 Å². The molecule has 2 N–H and O–H groups in total. The molecule has 0 spiro atoms. The number of halogens is 2. The summed E-state index contributed by atoms with van der Waals surface area (Å²) in [5, 5.41) is 7.51. The largest absolute Gasteiger partial charge is 0.496 e. The number of hydrogen-bond donors (Lipinski definition) is 2. The minimum Gasteiger partial charge on any atom is -0.496 e. The Kier molecular flexibility index (Phi) is 9.45. The zero-order valence-electron chi connectivity index (χ0n) is 16.8. The first-order chi connectivity index (χ1) is 13.7. The van der Waals surface area contributed by atoms with Crippen molar-refractivity contribution in [3.05, 3.63) is 58.9 Å². The zero-order valence-corrected chi connectivity index (χ0v) is 19.9. The highest BCUT2D eigenvalue weighted by Gasteiger charge is 2.37. The van der Waals surface area contributed by atoms with Crippen molar-refractivity contribution in [2.75, 3.05) is 33.9 Å². The molecule has 0 saturated carbocycles. The third-order valence-electron chi connectivity index (χ3n) is 5.16. The first-order valence-corrected chi connectivity index (χ1v) is 9.81. The van der Waals surface area contributed by atoms with E-state index in [1.807, 2.05) is 36.4 Å². The van der Waals surface area contributed by atoms with Gasteiger partial charge in [-0.25, -0.2) is 0 Å². The monoisotopic (exact) mass is 530 g/mol. The van der Waals surface area contributed by atoms with Crippen LogP contribution in [0.4, 0.5) is 0 Å². The molecule has 158 valence electrons. The van der Waals surface area contributed by atoms with Crippen LogP contribution in [0.2, 0.25) is 5.02 Å². The first-order valence-electron chi connectivity index (χ1n) is 9.43. The number of nitrogens with zero attached hydrogens (tertiary/aromatic N) is 2. The van der Waals surface area contributed by atoms with Crippen molar-refractivity contribution in [1.29, 1.82) is 0 Å². The Morgan fingerprint density at radius 1 is 1.24 bits per heavy atom. The first kappa shape index (κ1) is 23.7. The van der Waals surface area contributed by atoms with E-state index in [1.165, 1.54) is 0 Å². The maximum atomic E-state index is 6.31. The van der Waals surface area contributed by atoms with E-state index in [2.05, 4.69) is 20.6 Å². The Morgan fingerprint density at radius 2 is 2.03 bits per heavy atom. The number of pyridine rings is 1. The van der Waals surface area contributed by atoms with Gasteiger partial charge >= 0.3 is 0 Å². The standard InChI is InChI=1S/C21H27ClN4O2.HI/c1-23-20(25-14-17-5-3-4-10-24-17)26-15-21(8-11-28-12-9-21)18-13-16(22)6-7-19(18)27-2;/h3-7,10,13H,8-9,11-12,14-15H2,1-2H3,(H2,23,25,26);1H. The molecule has 1 aliphatic rings. The van der Waals surface area contributed by atoms with Crippen molar-refractivity contribution in [2.24, 2.45) is 4.99 Å². The molecule has 0 aliphatic carbocycles. The number of aromatic nitrogens is 1. The molecule has 0 radical (unpaired) electrons. The Labute approximate surface area is 194 Å². The molecule has 1 fully saturated rings. The highest BCUT2D eigenvalue weighted by Crippen LogP contribution is 2.40. The molecule has 0 unspecified atom stereocenters. The smallest absolute Gasteiger partial charge is 0.191 e. The predicted molar refractivity (Wildman–Crippen MR) is 128 cm³/mol. The van der Waals surface area contributed by atoms with Gasteiger partial charge in [0, 0.05) is 49.0 Å². The van der Waals surface area contributed by atoms with Crippen molar-refractivity contribution in [3.63, 3.8) is 0 Å². The Balaban J connectivity index is 0.00000300. The van der Waals surface area contributed by atoms with Crippen LogP contribution in [-0.4, -0.2) is 44.9 Å². The second kappa shape index (κ2) is 11.6. The van der Waals surface area contributed by atoms with Crippen LogP contribution in [0.3, 0.4) is 0 Å². The van der Waals surface area contributed by atoms with Gasteiger partial charge in [0.05, 0.1) is 19.3 Å². The molecule has 1 aromatic heterocycles. The maximum absolute atomic E-state index is 6.31. The minimum absolute atomic E-state index is 0. The van der Waals surface area contributed by atoms with E-state index in [0.29, 0.717) is 31.3 Å². The summed E-state index contributed by atoms with van der Waals surface area (Å²) in [5.74, 6) is 1.59. The summed E-state index contributed by atoms with van der Waals surface area (Å²) in [6.07, 6.45) is 3.55. The van der Waals surface area contributed by atoms with E-state index >= 15 is 0 Å². The number of hydrogen-bond acceptors (Lipinski definition) is 4. The average Bonchev–Trinajstić information content (AvgIpc) is 2.75. The van der Waals surface area contributed by atoms with E-state index in [0.717, 1.165) is 35.8 Å². The molecule has 0 bridgehead atoms. The molecule has 8 heteroatoms. The van der Waals surface area contributed by atoms with Gasteiger partial charge in [-0.2, -0.15) is 0 Å². The maximum Gasteiger partial charge on any atom is 0.191 e. The van der Waals surface area contributed by atoms with E-state index in [-0.39, 0.29) is 29.4 Å². The molecule has 6 nitrogen and oxygen atoms in total. The number of guanidine groups is 1. The zero-order chi connectivity index (χ0) is 19.8. The second-order valence-corrected chi connectivity index (χ2v) is 7.27. The molecule has 1 aromatic carbocycles. The Morgan fingerprint density at radius 3 is 2.69 bits per heavy atom. The summed E-state index contributed by atoms with van der Waals surface area (Å²) >= 11 is 6.31. The van der Waals surface area contributed by atoms with E-state index in [4.69, 9.17) is 21.1 Å². The van der Waals surface area contributed by atoms with Crippen LogP contribution in [0.1, 0.15) is 24.1 Å². The van der Waals surface area contributed by atoms with Gasteiger partial charge in [-0.1, -0.05) is 17.7 Å². The molecule has 29 heavy (non-hydrogen) atoms. The van der Waals surface area contributed by atoms with Gasteiger partial charge in [0.1, 0.15) is 5.75 Å². The van der Waals surface area contributed by atoms with Crippen LogP contribution in [-0.2, 0) is 16.7 Å². The number of aliphatic imine (C=N–C) groups is 1. The van der Waals surface area contributed by atoms with Crippen LogP contribution < -0.4 is 15.4 Å². The van der Waals surface area contributed by atoms with Gasteiger partial charge in [0.2, 0.25) is 0 Å². The number of methoxy groups -OCH3 is 1. The van der Waals surface area contributed by atoms with Crippen molar-refractivity contribution < 1.29 is 9.47 Å². The fourth-order valence-electron chi connectivity index (χ4n) is 3.55. The molecule has 1 aliphatic heterocycles. The molecular formula is C21H28ClIN4O2. The number of ether oxygens (including phenoxy) is 2. The summed E-state index contributed by atoms with van der Waals surface area (Å²) in [4.78, 5) is 8.69. The molecule has 0 amide bonds. The van der Waals surface area contributed by atoms with E-state index in [9.17, 15) is 0 Å². The van der Waals surface area contributed by atoms with Crippen LogP contribution >= 0.6 is 35.6 Å². The Hall–Kier alpha value is -1.58. The van der Waals surface area contributed by atoms with Crippen LogP contribution in [0, 0.1) is 0 Å². The summed E-state index contributed by atoms with van der Waals surface area (Å²) in [5.41, 5.74) is 1.93. The number of benzene rings is 1. The highest BCUT2D eigenvalue weighted by atomic mass is 127. The van der Waals surface area contributed by atoms with Crippen molar-refractivity contribution in [2.45, 2.75) is 24.8 Å². The number of nitrogens with one attached hydrogen (secondary N) is 2. The third-order valence-corrected chi connectivity index (χ3v) is 5.40. The SMILES string of the molecule is CN=C(NCc1ccccn1)NCC1(c2cc(Cl)ccc2OC)CCOCC1.I. The fraction of sp³-hybridized carbons (Fsp3) is 0.429. The van der Waals surface area contributed by atoms with Gasteiger partial charge in [-0.05, 0) is 43.2 Å². The van der Waals surface area contributed by atoms with Crippen molar-refractivity contribution in [1.82, 2.24) is 15.6 Å². The lowest BCUT2D eigenvalue weighted by Gasteiger charge is -2.39. The van der Waals surface area contributed by atoms with Crippen molar-refractivity contribution in [3.8, 4) is 5.75 Å². The van der Waals surface area contributed by atoms with E-state index < -0.39 is 0 Å². The molecule has 3 rings (SSSR count). The van der Waals surface area contributed by atoms with Gasteiger partial charge in [-0.15, -0.1) is 24.0 Å². The van der Waals surface area contributed by atoms with Crippen molar-refractivity contribution >= 4 is 41.5 Å². The highest BCUT2D eigenvalue weighted by molar-refractivity contribution is 14.0. The molecule has 0 atom stereocenters. The Bertz CT molecular complexity index is 799. The predicted octanol–water partition coefficient (Wildman–Crippen LogP) is 3.78. The molecule has 2 aromatic rings. The second-order valence-electron chi connectivity index (χ2n) is 6.84. The van der Waals surface area contributed by atoms with Crippen LogP contribution in [0.25, 0.3) is 0 Å². The van der Waals surface area contributed by atoms with Crippen LogP contribution in [0.5, 0.6) is 5.75 Å². The molecule has 2 heterocycles. The lowest BCUT2D eigenvalue weighted by atomic mass is 9.73. The summed E-state index contributed by atoms with van der Waals surface area (Å²) < 4.78 is 11.3. The average molecular weight is 531 g/mol. The van der Waals surface area contributed by atoms with Gasteiger partial charge < -0.3 is 20.1 Å². The lowest BCUT2D eigenvalue weighted by Crippen LogP contribution is -2.48. The fourth-order valence-corrected chi connectivity index (χ4v) is 3.72. The van der Waals surface area contributed by atoms with Gasteiger partial charge in [0.15, 0.2) is 5.96 Å². The van der Waals surface area contributed by atoms with E-state index in [1.54, 1.807) is 20.4 Å². The lowest BCUT2D eigenvalue weighted by molar-refractivity contribution is 0.0505. The summed E-state index contributed by atoms with van der Waals surface area (Å²) in [7, 11) is 3.46. The summed E-state index contributed by atoms with van der Waals surface area (Å²) in [6, 6.07) is 11.7. The third kappa shape index (κ3) is 6.20. The number of rotatable bonds is 6. The molecule has 1 saturated heterocycles. The minimum atomic E-state index is -0.142. The van der Waals surface area contributed by atoms with Crippen LogP contribution in [0.15, 0.2) is 47.6 Å². The van der Waals surface area contributed by atoms with Gasteiger partial charge in [0.25, 0.3) is 0 Å².